The molecule has 0 fully saturated rings. The maximum absolute atomic E-state index is 11.9. The zero-order chi connectivity index (χ0) is 16.2. The Hall–Kier alpha value is -1.96. The number of nitrogens with zero attached hydrogens (tertiary/aromatic N) is 1. The Labute approximate surface area is 129 Å². The minimum Gasteiger partial charge on any atom is -0.481 e. The fraction of sp³-hybridized carbons (Fsp3) is 0.385. The van der Waals surface area contributed by atoms with Crippen LogP contribution in [0.25, 0.3) is 0 Å². The van der Waals surface area contributed by atoms with Crippen molar-refractivity contribution in [2.45, 2.75) is 26.7 Å². The van der Waals surface area contributed by atoms with Crippen molar-refractivity contribution in [3.8, 4) is 0 Å². The smallest absolute Gasteiger partial charge is 0.303 e. The van der Waals surface area contributed by atoms with Gasteiger partial charge in [0.2, 0.25) is 5.91 Å². The molecule has 7 nitrogen and oxygen atoms in total. The maximum Gasteiger partial charge on any atom is 0.303 e. The highest BCUT2D eigenvalue weighted by Crippen LogP contribution is 2.30. The van der Waals surface area contributed by atoms with Crippen LogP contribution in [0.2, 0.25) is 0 Å². The van der Waals surface area contributed by atoms with Gasteiger partial charge in [-0.25, -0.2) is 0 Å². The van der Waals surface area contributed by atoms with Gasteiger partial charge in [0.1, 0.15) is 5.69 Å². The highest BCUT2D eigenvalue weighted by molar-refractivity contribution is 9.10. The van der Waals surface area contributed by atoms with Gasteiger partial charge in [-0.3, -0.25) is 19.7 Å². The van der Waals surface area contributed by atoms with E-state index in [-0.39, 0.29) is 24.2 Å². The van der Waals surface area contributed by atoms with Gasteiger partial charge in [0.25, 0.3) is 5.69 Å². The van der Waals surface area contributed by atoms with Crippen molar-refractivity contribution >= 4 is 39.2 Å². The summed E-state index contributed by atoms with van der Waals surface area (Å²) in [5.74, 6) is -1.46. The first kappa shape index (κ1) is 17.1. The Bertz CT molecular complexity index is 586. The van der Waals surface area contributed by atoms with Crippen molar-refractivity contribution in [2.75, 3.05) is 5.32 Å². The molecular weight excluding hydrogens is 344 g/mol. The number of hydrogen-bond donors (Lipinski definition) is 2. The predicted molar refractivity (Wildman–Crippen MR) is 80.1 cm³/mol. The molecule has 0 saturated heterocycles. The second kappa shape index (κ2) is 6.66. The van der Waals surface area contributed by atoms with E-state index >= 15 is 0 Å². The molecule has 8 heteroatoms. The summed E-state index contributed by atoms with van der Waals surface area (Å²) in [7, 11) is 0. The molecule has 0 aliphatic heterocycles. The van der Waals surface area contributed by atoms with Crippen LogP contribution in [0.5, 0.6) is 0 Å². The molecule has 0 bridgehead atoms. The van der Waals surface area contributed by atoms with E-state index in [1.807, 2.05) is 0 Å². The number of aliphatic carboxylic acids is 1. The molecule has 1 rings (SSSR count). The first-order valence-electron chi connectivity index (χ1n) is 6.06. The van der Waals surface area contributed by atoms with Crippen LogP contribution in [0.1, 0.15) is 26.7 Å². The van der Waals surface area contributed by atoms with E-state index in [0.29, 0.717) is 4.47 Å². The van der Waals surface area contributed by atoms with Gasteiger partial charge in [-0.15, -0.1) is 0 Å². The van der Waals surface area contributed by atoms with Gasteiger partial charge in [-0.2, -0.15) is 0 Å². The summed E-state index contributed by atoms with van der Waals surface area (Å²) in [4.78, 5) is 33.0. The summed E-state index contributed by atoms with van der Waals surface area (Å²) in [6.45, 7) is 3.30. The van der Waals surface area contributed by atoms with Crippen LogP contribution in [0.3, 0.4) is 0 Å². The number of carboxylic acid groups (broad SMARTS) is 1. The predicted octanol–water partition coefficient (Wildman–Crippen LogP) is 3.19. The quantitative estimate of drug-likeness (QED) is 0.599. The molecule has 0 aliphatic rings. The summed E-state index contributed by atoms with van der Waals surface area (Å²) in [6, 6.07) is 4.29. The number of rotatable bonds is 6. The van der Waals surface area contributed by atoms with Crippen molar-refractivity contribution < 1.29 is 19.6 Å². The van der Waals surface area contributed by atoms with Gasteiger partial charge < -0.3 is 10.4 Å². The second-order valence-electron chi connectivity index (χ2n) is 5.38. The highest BCUT2D eigenvalue weighted by Gasteiger charge is 2.26. The Morgan fingerprint density at radius 3 is 2.52 bits per heavy atom. The van der Waals surface area contributed by atoms with Crippen LogP contribution in [-0.4, -0.2) is 21.9 Å². The summed E-state index contributed by atoms with van der Waals surface area (Å²) in [5.41, 5.74) is -0.881. The molecule has 0 aliphatic carbocycles. The lowest BCUT2D eigenvalue weighted by molar-refractivity contribution is -0.384. The zero-order valence-corrected chi connectivity index (χ0v) is 13.1. The summed E-state index contributed by atoms with van der Waals surface area (Å²) in [6.07, 6.45) is -0.213. The molecule has 21 heavy (non-hydrogen) atoms. The van der Waals surface area contributed by atoms with E-state index in [1.165, 1.54) is 12.1 Å². The minimum absolute atomic E-state index is 0.0491. The molecule has 0 heterocycles. The molecule has 1 aromatic rings. The van der Waals surface area contributed by atoms with Gasteiger partial charge >= 0.3 is 5.97 Å². The maximum atomic E-state index is 11.9. The zero-order valence-electron chi connectivity index (χ0n) is 11.6. The van der Waals surface area contributed by atoms with Gasteiger partial charge in [-0.1, -0.05) is 29.8 Å². The lowest BCUT2D eigenvalue weighted by Crippen LogP contribution is -2.25. The third kappa shape index (κ3) is 5.50. The number of carboxylic acids is 1. The molecular formula is C13H15BrN2O5. The summed E-state index contributed by atoms with van der Waals surface area (Å²) in [5, 5.41) is 22.2. The molecule has 0 saturated carbocycles. The lowest BCUT2D eigenvalue weighted by atomic mass is 9.85. The Kier molecular flexibility index (Phi) is 5.42. The molecule has 0 spiro atoms. The summed E-state index contributed by atoms with van der Waals surface area (Å²) < 4.78 is 0.526. The Morgan fingerprint density at radius 2 is 2.00 bits per heavy atom. The molecule has 0 radical (unpaired) electrons. The number of nitro groups is 1. The van der Waals surface area contributed by atoms with Gasteiger partial charge in [-0.05, 0) is 17.5 Å². The van der Waals surface area contributed by atoms with Crippen molar-refractivity contribution in [3.05, 3.63) is 32.8 Å². The number of amides is 1. The number of carbonyl (C=O) groups is 2. The molecule has 0 unspecified atom stereocenters. The van der Waals surface area contributed by atoms with Crippen LogP contribution in [0.4, 0.5) is 11.4 Å². The van der Waals surface area contributed by atoms with Gasteiger partial charge in [0.15, 0.2) is 0 Å². The van der Waals surface area contributed by atoms with E-state index in [2.05, 4.69) is 21.2 Å². The number of benzene rings is 1. The number of carbonyl (C=O) groups excluding carboxylic acids is 1. The van der Waals surface area contributed by atoms with Crippen LogP contribution in [-0.2, 0) is 9.59 Å². The molecule has 2 N–H and O–H groups in total. The minimum atomic E-state index is -0.998. The van der Waals surface area contributed by atoms with Crippen molar-refractivity contribution in [1.82, 2.24) is 0 Å². The first-order valence-corrected chi connectivity index (χ1v) is 6.85. The largest absolute Gasteiger partial charge is 0.481 e. The van der Waals surface area contributed by atoms with E-state index in [4.69, 9.17) is 5.11 Å². The number of nitro benzene ring substituents is 1. The van der Waals surface area contributed by atoms with Gasteiger partial charge in [0.05, 0.1) is 11.3 Å². The second-order valence-corrected chi connectivity index (χ2v) is 6.29. The first-order chi connectivity index (χ1) is 9.60. The molecule has 114 valence electrons. The third-order valence-corrected chi connectivity index (χ3v) is 3.19. The lowest BCUT2D eigenvalue weighted by Gasteiger charge is -2.21. The van der Waals surface area contributed by atoms with Crippen LogP contribution >= 0.6 is 15.9 Å². The van der Waals surface area contributed by atoms with E-state index in [1.54, 1.807) is 19.9 Å². The molecule has 1 amide bonds. The molecule has 1 aromatic carbocycles. The Morgan fingerprint density at radius 1 is 1.38 bits per heavy atom. The number of halogens is 1. The van der Waals surface area contributed by atoms with Crippen molar-refractivity contribution in [3.63, 3.8) is 0 Å². The third-order valence-electron chi connectivity index (χ3n) is 2.70. The van der Waals surface area contributed by atoms with E-state index < -0.39 is 22.2 Å². The highest BCUT2D eigenvalue weighted by atomic mass is 79.9. The average Bonchev–Trinajstić information content (AvgIpc) is 2.28. The van der Waals surface area contributed by atoms with Crippen LogP contribution in [0.15, 0.2) is 22.7 Å². The van der Waals surface area contributed by atoms with E-state index in [0.717, 1.165) is 0 Å². The number of hydrogen-bond acceptors (Lipinski definition) is 4. The molecule has 0 atom stereocenters. The molecule has 0 aromatic heterocycles. The summed E-state index contributed by atoms with van der Waals surface area (Å²) >= 11 is 3.12. The number of nitrogens with one attached hydrogen (secondary N) is 1. The number of anilines is 1. The van der Waals surface area contributed by atoms with Gasteiger partial charge in [0, 0.05) is 17.0 Å². The standard InChI is InChI=1S/C13H15BrN2O5/c1-13(2,7-12(18)19)6-11(17)15-9-4-3-8(14)5-10(9)16(20)21/h3-5H,6-7H2,1-2H3,(H,15,17)(H,18,19). The Balaban J connectivity index is 2.84. The van der Waals surface area contributed by atoms with E-state index in [9.17, 15) is 19.7 Å². The SMILES string of the molecule is CC(C)(CC(=O)O)CC(=O)Nc1ccc(Br)cc1[N+](=O)[O-]. The fourth-order valence-electron chi connectivity index (χ4n) is 1.86. The monoisotopic (exact) mass is 358 g/mol. The van der Waals surface area contributed by atoms with Crippen LogP contribution in [0, 0.1) is 15.5 Å². The fourth-order valence-corrected chi connectivity index (χ4v) is 2.21. The van der Waals surface area contributed by atoms with Crippen molar-refractivity contribution in [2.24, 2.45) is 5.41 Å². The van der Waals surface area contributed by atoms with Crippen LogP contribution < -0.4 is 5.32 Å². The topological polar surface area (TPSA) is 110 Å². The average molecular weight is 359 g/mol. The van der Waals surface area contributed by atoms with Crippen molar-refractivity contribution in [1.29, 1.82) is 0 Å². The normalized spacial score (nSPS) is 11.0.